The van der Waals surface area contributed by atoms with Crippen molar-refractivity contribution < 1.29 is 23.5 Å². The topological polar surface area (TPSA) is 97.2 Å². The van der Waals surface area contributed by atoms with Crippen molar-refractivity contribution in [2.45, 2.75) is 13.8 Å². The van der Waals surface area contributed by atoms with Gasteiger partial charge in [0.15, 0.2) is 0 Å². The van der Waals surface area contributed by atoms with Crippen LogP contribution in [0.4, 0.5) is 14.9 Å². The molecule has 1 aliphatic rings. The fraction of sp³-hybridized carbons (Fsp3) is 0.312. The lowest BCUT2D eigenvalue weighted by atomic mass is 10.1. The SMILES string of the molecule is CCOC(=O)C1C(C)=NC(=O)N=C1SCC(=O)Nc1ccc(F)cc1. The van der Waals surface area contributed by atoms with E-state index in [9.17, 15) is 18.8 Å². The summed E-state index contributed by atoms with van der Waals surface area (Å²) >= 11 is 0.959. The number of aliphatic imine (C=N–C) groups is 2. The lowest BCUT2D eigenvalue weighted by Gasteiger charge is -2.19. The summed E-state index contributed by atoms with van der Waals surface area (Å²) in [6.07, 6.45) is 0. The zero-order chi connectivity index (χ0) is 18.4. The number of rotatable bonds is 5. The number of hydrogen-bond acceptors (Lipinski definition) is 5. The molecule has 0 fully saturated rings. The van der Waals surface area contributed by atoms with Gasteiger partial charge in [0.05, 0.1) is 17.4 Å². The molecule has 0 saturated carbocycles. The van der Waals surface area contributed by atoms with Crippen LogP contribution in [0.5, 0.6) is 0 Å². The largest absolute Gasteiger partial charge is 0.465 e. The van der Waals surface area contributed by atoms with E-state index in [-0.39, 0.29) is 29.0 Å². The number of nitrogens with one attached hydrogen (secondary N) is 1. The van der Waals surface area contributed by atoms with Crippen molar-refractivity contribution in [2.24, 2.45) is 15.9 Å². The van der Waals surface area contributed by atoms with Gasteiger partial charge in [-0.2, -0.15) is 9.98 Å². The third kappa shape index (κ3) is 5.21. The van der Waals surface area contributed by atoms with Crippen LogP contribution >= 0.6 is 11.8 Å². The van der Waals surface area contributed by atoms with Crippen LogP contribution in [-0.2, 0) is 14.3 Å². The van der Waals surface area contributed by atoms with Gasteiger partial charge in [0.2, 0.25) is 5.91 Å². The molecule has 9 heteroatoms. The quantitative estimate of drug-likeness (QED) is 0.809. The summed E-state index contributed by atoms with van der Waals surface area (Å²) in [6.45, 7) is 3.38. The number of nitrogens with zero attached hydrogens (tertiary/aromatic N) is 2. The molecule has 1 N–H and O–H groups in total. The third-order valence-electron chi connectivity index (χ3n) is 3.14. The van der Waals surface area contributed by atoms with E-state index in [4.69, 9.17) is 4.74 Å². The molecule has 1 aliphatic heterocycles. The molecular weight excluding hydrogens is 349 g/mol. The first-order valence-electron chi connectivity index (χ1n) is 7.43. The van der Waals surface area contributed by atoms with Crippen LogP contribution in [0.3, 0.4) is 0 Å². The maximum absolute atomic E-state index is 12.9. The first-order valence-corrected chi connectivity index (χ1v) is 8.42. The van der Waals surface area contributed by atoms with Gasteiger partial charge in [-0.25, -0.2) is 9.18 Å². The average Bonchev–Trinajstić information content (AvgIpc) is 2.54. The summed E-state index contributed by atoms with van der Waals surface area (Å²) in [6, 6.07) is 4.58. The third-order valence-corrected chi connectivity index (χ3v) is 4.17. The number of amides is 3. The fourth-order valence-electron chi connectivity index (χ4n) is 2.06. The fourth-order valence-corrected chi connectivity index (χ4v) is 2.99. The molecule has 1 aromatic carbocycles. The van der Waals surface area contributed by atoms with E-state index in [0.717, 1.165) is 11.8 Å². The highest BCUT2D eigenvalue weighted by atomic mass is 32.2. The standard InChI is InChI=1S/C16H16FN3O4S/c1-3-24-15(22)13-9(2)18-16(23)20-14(13)25-8-12(21)19-11-6-4-10(17)5-7-11/h4-7,13H,3,8H2,1-2H3,(H,19,21). The molecule has 7 nitrogen and oxygen atoms in total. The number of urea groups is 1. The van der Waals surface area contributed by atoms with E-state index < -0.39 is 23.7 Å². The van der Waals surface area contributed by atoms with Gasteiger partial charge in [0.25, 0.3) is 0 Å². The van der Waals surface area contributed by atoms with Crippen molar-refractivity contribution in [3.8, 4) is 0 Å². The van der Waals surface area contributed by atoms with E-state index in [1.165, 1.54) is 31.2 Å². The molecule has 1 atom stereocenters. The number of halogens is 1. The van der Waals surface area contributed by atoms with E-state index in [2.05, 4.69) is 15.3 Å². The molecule has 0 radical (unpaired) electrons. The Morgan fingerprint density at radius 2 is 1.96 bits per heavy atom. The minimum Gasteiger partial charge on any atom is -0.465 e. The van der Waals surface area contributed by atoms with Gasteiger partial charge in [0, 0.05) is 11.4 Å². The number of carbonyl (C=O) groups is 3. The maximum atomic E-state index is 12.9. The van der Waals surface area contributed by atoms with E-state index in [1.54, 1.807) is 6.92 Å². The second-order valence-electron chi connectivity index (χ2n) is 5.01. The van der Waals surface area contributed by atoms with E-state index in [0.29, 0.717) is 5.69 Å². The molecular formula is C16H16FN3O4S. The lowest BCUT2D eigenvalue weighted by Crippen LogP contribution is -2.34. The van der Waals surface area contributed by atoms with Crippen molar-refractivity contribution in [2.75, 3.05) is 17.7 Å². The van der Waals surface area contributed by atoms with Crippen LogP contribution < -0.4 is 5.32 Å². The number of hydrogen-bond donors (Lipinski definition) is 1. The van der Waals surface area contributed by atoms with Crippen molar-refractivity contribution in [3.05, 3.63) is 30.1 Å². The summed E-state index contributed by atoms with van der Waals surface area (Å²) in [5, 5.41) is 2.76. The molecule has 0 saturated heterocycles. The smallest absolute Gasteiger partial charge is 0.367 e. The van der Waals surface area contributed by atoms with Crippen LogP contribution in [0.1, 0.15) is 13.8 Å². The van der Waals surface area contributed by atoms with Gasteiger partial charge in [0.1, 0.15) is 11.7 Å². The summed E-state index contributed by atoms with van der Waals surface area (Å²) in [4.78, 5) is 42.9. The minimum atomic E-state index is -0.888. The monoisotopic (exact) mass is 365 g/mol. The van der Waals surface area contributed by atoms with Crippen molar-refractivity contribution in [1.29, 1.82) is 0 Å². The van der Waals surface area contributed by atoms with Gasteiger partial charge >= 0.3 is 12.0 Å². The first kappa shape index (κ1) is 18.8. The Bertz CT molecular complexity index is 746. The Hall–Kier alpha value is -2.55. The predicted molar refractivity (Wildman–Crippen MR) is 93.6 cm³/mol. The Labute approximate surface area is 147 Å². The summed E-state index contributed by atoms with van der Waals surface area (Å²) in [7, 11) is 0. The molecule has 0 bridgehead atoms. The Morgan fingerprint density at radius 3 is 2.60 bits per heavy atom. The maximum Gasteiger partial charge on any atom is 0.367 e. The number of thioether (sulfide) groups is 1. The van der Waals surface area contributed by atoms with Crippen molar-refractivity contribution in [1.82, 2.24) is 0 Å². The molecule has 0 aromatic heterocycles. The zero-order valence-corrected chi connectivity index (χ0v) is 14.4. The predicted octanol–water partition coefficient (Wildman–Crippen LogP) is 2.67. The van der Waals surface area contributed by atoms with Gasteiger partial charge in [-0.15, -0.1) is 0 Å². The highest BCUT2D eigenvalue weighted by Crippen LogP contribution is 2.22. The number of anilines is 1. The molecule has 0 spiro atoms. The summed E-state index contributed by atoms with van der Waals surface area (Å²) in [5.41, 5.74) is 0.716. The van der Waals surface area contributed by atoms with E-state index >= 15 is 0 Å². The molecule has 1 aromatic rings. The van der Waals surface area contributed by atoms with Gasteiger partial charge in [-0.3, -0.25) is 9.59 Å². The number of esters is 1. The molecule has 2 rings (SSSR count). The number of benzene rings is 1. The van der Waals surface area contributed by atoms with Gasteiger partial charge in [-0.05, 0) is 38.1 Å². The molecule has 1 unspecified atom stereocenters. The summed E-state index contributed by atoms with van der Waals surface area (Å²) in [5.74, 6) is -2.32. The molecule has 0 aliphatic carbocycles. The normalized spacial score (nSPS) is 16.8. The molecule has 1 heterocycles. The van der Waals surface area contributed by atoms with Crippen LogP contribution in [-0.4, -0.2) is 41.0 Å². The van der Waals surface area contributed by atoms with Crippen molar-refractivity contribution >= 4 is 46.1 Å². The first-order chi connectivity index (χ1) is 11.9. The van der Waals surface area contributed by atoms with Gasteiger partial charge in [-0.1, -0.05) is 11.8 Å². The van der Waals surface area contributed by atoms with Gasteiger partial charge < -0.3 is 10.1 Å². The summed E-state index contributed by atoms with van der Waals surface area (Å²) < 4.78 is 17.8. The zero-order valence-electron chi connectivity index (χ0n) is 13.6. The molecule has 25 heavy (non-hydrogen) atoms. The van der Waals surface area contributed by atoms with Crippen molar-refractivity contribution in [3.63, 3.8) is 0 Å². The van der Waals surface area contributed by atoms with Crippen LogP contribution in [0, 0.1) is 11.7 Å². The molecule has 3 amide bonds. The highest BCUT2D eigenvalue weighted by molar-refractivity contribution is 8.14. The van der Waals surface area contributed by atoms with Crippen LogP contribution in [0.25, 0.3) is 0 Å². The van der Waals surface area contributed by atoms with Crippen LogP contribution in [0.2, 0.25) is 0 Å². The van der Waals surface area contributed by atoms with E-state index in [1.807, 2.05) is 0 Å². The second kappa shape index (κ2) is 8.52. The Morgan fingerprint density at radius 1 is 1.28 bits per heavy atom. The highest BCUT2D eigenvalue weighted by Gasteiger charge is 2.33. The molecule has 132 valence electrons. The lowest BCUT2D eigenvalue weighted by molar-refractivity contribution is -0.143. The number of ether oxygens (including phenoxy) is 1. The minimum absolute atomic E-state index is 0.0767. The number of carbonyl (C=O) groups excluding carboxylic acids is 3. The Kier molecular flexibility index (Phi) is 6.40. The second-order valence-corrected chi connectivity index (χ2v) is 6.01. The van der Waals surface area contributed by atoms with Crippen LogP contribution in [0.15, 0.2) is 34.3 Å². The average molecular weight is 365 g/mol. The Balaban J connectivity index is 2.01.